The van der Waals surface area contributed by atoms with Gasteiger partial charge < -0.3 is 4.90 Å². The Bertz CT molecular complexity index is 782. The molecule has 0 bridgehead atoms. The number of sulfone groups is 1. The van der Waals surface area contributed by atoms with Crippen LogP contribution in [0.2, 0.25) is 5.02 Å². The number of hydrogen-bond donors (Lipinski definition) is 0. The van der Waals surface area contributed by atoms with Crippen LogP contribution in [0.5, 0.6) is 0 Å². The number of nitrogens with zero attached hydrogens (tertiary/aromatic N) is 3. The maximum atomic E-state index is 12.5. The summed E-state index contributed by atoms with van der Waals surface area (Å²) in [6.45, 7) is 4.71. The van der Waals surface area contributed by atoms with Gasteiger partial charge in [0.05, 0.1) is 9.92 Å². The van der Waals surface area contributed by atoms with Gasteiger partial charge in [-0.1, -0.05) is 23.7 Å². The van der Waals surface area contributed by atoms with Crippen LogP contribution in [-0.2, 0) is 9.84 Å². The van der Waals surface area contributed by atoms with Crippen molar-refractivity contribution in [2.45, 2.75) is 23.8 Å². The van der Waals surface area contributed by atoms with Crippen LogP contribution in [0.1, 0.15) is 13.8 Å². The molecule has 118 valence electrons. The molecule has 0 aliphatic heterocycles. The number of amides is 1. The number of halogens is 1. The van der Waals surface area contributed by atoms with Gasteiger partial charge in [-0.25, -0.2) is 13.2 Å². The number of hydrogen-bond acceptors (Lipinski definition) is 4. The van der Waals surface area contributed by atoms with Crippen molar-refractivity contribution in [2.24, 2.45) is 0 Å². The number of aromatic nitrogens is 2. The SMILES string of the molecule is CCN(CC)C(=O)n1ccc(S(=O)(=O)c2ccccc2Cl)n1. The summed E-state index contributed by atoms with van der Waals surface area (Å²) in [5.74, 6) is 0. The third-order valence-electron chi connectivity index (χ3n) is 3.20. The van der Waals surface area contributed by atoms with Gasteiger partial charge in [0.15, 0.2) is 5.03 Å². The van der Waals surface area contributed by atoms with Crippen LogP contribution in [0, 0.1) is 0 Å². The van der Waals surface area contributed by atoms with Gasteiger partial charge in [-0.3, -0.25) is 0 Å². The lowest BCUT2D eigenvalue weighted by Gasteiger charge is -2.17. The van der Waals surface area contributed by atoms with E-state index in [1.807, 2.05) is 13.8 Å². The van der Waals surface area contributed by atoms with Gasteiger partial charge in [-0.05, 0) is 32.0 Å². The predicted octanol–water partition coefficient (Wildman–Crippen LogP) is 2.68. The van der Waals surface area contributed by atoms with Crippen molar-refractivity contribution in [3.63, 3.8) is 0 Å². The molecule has 8 heteroatoms. The highest BCUT2D eigenvalue weighted by Gasteiger charge is 2.24. The maximum Gasteiger partial charge on any atom is 0.344 e. The van der Waals surface area contributed by atoms with E-state index in [1.165, 1.54) is 24.4 Å². The molecule has 0 saturated carbocycles. The highest BCUT2D eigenvalue weighted by Crippen LogP contribution is 2.26. The summed E-state index contributed by atoms with van der Waals surface area (Å²) < 4.78 is 26.1. The van der Waals surface area contributed by atoms with E-state index in [-0.39, 0.29) is 21.0 Å². The number of carbonyl (C=O) groups is 1. The zero-order valence-corrected chi connectivity index (χ0v) is 13.8. The van der Waals surface area contributed by atoms with Gasteiger partial charge in [0.2, 0.25) is 9.84 Å². The van der Waals surface area contributed by atoms with Gasteiger partial charge in [0, 0.05) is 19.3 Å². The average molecular weight is 342 g/mol. The maximum absolute atomic E-state index is 12.5. The molecule has 0 unspecified atom stereocenters. The van der Waals surface area contributed by atoms with Crippen molar-refractivity contribution < 1.29 is 13.2 Å². The van der Waals surface area contributed by atoms with Crippen LogP contribution in [-0.4, -0.2) is 42.2 Å². The Morgan fingerprint density at radius 3 is 2.45 bits per heavy atom. The number of benzene rings is 1. The summed E-state index contributed by atoms with van der Waals surface area (Å²) >= 11 is 5.93. The van der Waals surface area contributed by atoms with Crippen LogP contribution >= 0.6 is 11.6 Å². The van der Waals surface area contributed by atoms with Crippen LogP contribution in [0.3, 0.4) is 0 Å². The molecule has 0 aliphatic carbocycles. The fourth-order valence-electron chi connectivity index (χ4n) is 1.97. The van der Waals surface area contributed by atoms with Gasteiger partial charge in [-0.15, -0.1) is 0 Å². The largest absolute Gasteiger partial charge is 0.344 e. The van der Waals surface area contributed by atoms with E-state index < -0.39 is 9.84 Å². The number of carbonyl (C=O) groups excluding carboxylic acids is 1. The molecule has 0 saturated heterocycles. The molecule has 0 fully saturated rings. The third-order valence-corrected chi connectivity index (χ3v) is 5.34. The van der Waals surface area contributed by atoms with Crippen molar-refractivity contribution in [2.75, 3.05) is 13.1 Å². The lowest BCUT2D eigenvalue weighted by atomic mass is 10.4. The van der Waals surface area contributed by atoms with E-state index in [2.05, 4.69) is 5.10 Å². The highest BCUT2D eigenvalue weighted by atomic mass is 35.5. The normalized spacial score (nSPS) is 11.4. The summed E-state index contributed by atoms with van der Waals surface area (Å²) in [5, 5.41) is 3.81. The lowest BCUT2D eigenvalue weighted by Crippen LogP contribution is -2.34. The smallest absolute Gasteiger partial charge is 0.323 e. The summed E-state index contributed by atoms with van der Waals surface area (Å²) in [6.07, 6.45) is 1.34. The molecule has 1 heterocycles. The van der Waals surface area contributed by atoms with Crippen molar-refractivity contribution in [1.82, 2.24) is 14.7 Å². The summed E-state index contributed by atoms with van der Waals surface area (Å²) in [6, 6.07) is 7.04. The summed E-state index contributed by atoms with van der Waals surface area (Å²) in [4.78, 5) is 13.7. The molecule has 6 nitrogen and oxygen atoms in total. The molecule has 0 aliphatic rings. The summed E-state index contributed by atoms with van der Waals surface area (Å²) in [5.41, 5.74) is 0. The first-order valence-electron chi connectivity index (χ1n) is 6.76. The van der Waals surface area contributed by atoms with Crippen molar-refractivity contribution in [3.8, 4) is 0 Å². The Balaban J connectivity index is 2.40. The van der Waals surface area contributed by atoms with E-state index >= 15 is 0 Å². The van der Waals surface area contributed by atoms with Crippen molar-refractivity contribution in [3.05, 3.63) is 41.6 Å². The Morgan fingerprint density at radius 2 is 1.86 bits per heavy atom. The minimum atomic E-state index is -3.86. The lowest BCUT2D eigenvalue weighted by molar-refractivity contribution is 0.201. The zero-order valence-electron chi connectivity index (χ0n) is 12.2. The predicted molar refractivity (Wildman–Crippen MR) is 82.8 cm³/mol. The first-order valence-corrected chi connectivity index (χ1v) is 8.62. The Morgan fingerprint density at radius 1 is 1.23 bits per heavy atom. The molecular weight excluding hydrogens is 326 g/mol. The Hall–Kier alpha value is -1.86. The zero-order chi connectivity index (χ0) is 16.3. The molecule has 2 rings (SSSR count). The second-order valence-electron chi connectivity index (χ2n) is 4.49. The van der Waals surface area contributed by atoms with Gasteiger partial charge in [-0.2, -0.15) is 9.78 Å². The Labute approximate surface area is 134 Å². The van der Waals surface area contributed by atoms with E-state index in [9.17, 15) is 13.2 Å². The van der Waals surface area contributed by atoms with Gasteiger partial charge >= 0.3 is 6.03 Å². The molecule has 1 aromatic carbocycles. The minimum absolute atomic E-state index is 0.0304. The van der Waals surface area contributed by atoms with Gasteiger partial charge in [0.25, 0.3) is 0 Å². The quantitative estimate of drug-likeness (QED) is 0.857. The molecule has 1 aromatic heterocycles. The first-order chi connectivity index (χ1) is 10.4. The number of rotatable bonds is 4. The van der Waals surface area contributed by atoms with E-state index in [0.29, 0.717) is 13.1 Å². The molecule has 0 N–H and O–H groups in total. The minimum Gasteiger partial charge on any atom is -0.323 e. The molecule has 1 amide bonds. The second kappa shape index (κ2) is 6.50. The molecule has 0 atom stereocenters. The van der Waals surface area contributed by atoms with Crippen molar-refractivity contribution >= 4 is 27.5 Å². The molecule has 0 radical (unpaired) electrons. The fourth-order valence-corrected chi connectivity index (χ4v) is 3.66. The van der Waals surface area contributed by atoms with E-state index in [1.54, 1.807) is 17.0 Å². The van der Waals surface area contributed by atoms with Gasteiger partial charge in [0.1, 0.15) is 0 Å². The van der Waals surface area contributed by atoms with E-state index in [0.717, 1.165) is 4.68 Å². The van der Waals surface area contributed by atoms with Crippen LogP contribution in [0.4, 0.5) is 4.79 Å². The molecule has 22 heavy (non-hydrogen) atoms. The average Bonchev–Trinajstić information content (AvgIpc) is 2.99. The second-order valence-corrected chi connectivity index (χ2v) is 6.76. The van der Waals surface area contributed by atoms with E-state index in [4.69, 9.17) is 11.6 Å². The topological polar surface area (TPSA) is 72.3 Å². The first kappa shape index (κ1) is 16.5. The molecule has 2 aromatic rings. The Kier molecular flexibility index (Phi) is 4.87. The fraction of sp³-hybridized carbons (Fsp3) is 0.286. The summed E-state index contributed by atoms with van der Waals surface area (Å²) in [7, 11) is -3.86. The molecule has 0 spiro atoms. The highest BCUT2D eigenvalue weighted by molar-refractivity contribution is 7.91. The van der Waals surface area contributed by atoms with Crippen molar-refractivity contribution in [1.29, 1.82) is 0 Å². The molecular formula is C14H16ClN3O3S. The standard InChI is InChI=1S/C14H16ClN3O3S/c1-3-17(4-2)14(19)18-10-9-13(16-18)22(20,21)12-8-6-5-7-11(12)15/h5-10H,3-4H2,1-2H3. The van der Waals surface area contributed by atoms with Crippen LogP contribution in [0.25, 0.3) is 0 Å². The van der Waals surface area contributed by atoms with Crippen LogP contribution in [0.15, 0.2) is 46.5 Å². The third kappa shape index (κ3) is 3.00. The monoisotopic (exact) mass is 341 g/mol. The van der Waals surface area contributed by atoms with Crippen LogP contribution < -0.4 is 0 Å².